The van der Waals surface area contributed by atoms with Crippen LogP contribution in [0.2, 0.25) is 0 Å². The van der Waals surface area contributed by atoms with Crippen LogP contribution in [0.3, 0.4) is 0 Å². The van der Waals surface area contributed by atoms with E-state index in [1.54, 1.807) is 0 Å². The number of nitrogens with zero attached hydrogens (tertiary/aromatic N) is 1. The standard InChI is InChI=1S/C10H18N2.C2H4/c1-3-10(4-2)9-12-7-5-11-6-8-12;1-2/h3-4,11H,1,5-9H2,2H3;1-2H2/b10-4+;. The van der Waals surface area contributed by atoms with Gasteiger partial charge in [-0.3, -0.25) is 4.90 Å². The molecule has 0 atom stereocenters. The van der Waals surface area contributed by atoms with Crippen molar-refractivity contribution in [1.29, 1.82) is 0 Å². The van der Waals surface area contributed by atoms with Gasteiger partial charge in [0.25, 0.3) is 0 Å². The fourth-order valence-electron chi connectivity index (χ4n) is 1.40. The van der Waals surface area contributed by atoms with Gasteiger partial charge in [0.2, 0.25) is 0 Å². The van der Waals surface area contributed by atoms with Crippen LogP contribution >= 0.6 is 0 Å². The van der Waals surface area contributed by atoms with Crippen LogP contribution in [0, 0.1) is 0 Å². The van der Waals surface area contributed by atoms with E-state index in [0.29, 0.717) is 0 Å². The van der Waals surface area contributed by atoms with Crippen molar-refractivity contribution in [3.63, 3.8) is 0 Å². The van der Waals surface area contributed by atoms with Crippen LogP contribution < -0.4 is 5.32 Å². The molecule has 0 amide bonds. The molecule has 2 heteroatoms. The molecule has 0 aromatic rings. The monoisotopic (exact) mass is 194 g/mol. The van der Waals surface area contributed by atoms with Crippen molar-refractivity contribution >= 4 is 0 Å². The van der Waals surface area contributed by atoms with Crippen LogP contribution in [-0.4, -0.2) is 37.6 Å². The largest absolute Gasteiger partial charge is 0.314 e. The summed E-state index contributed by atoms with van der Waals surface area (Å²) in [6.07, 6.45) is 4.08. The first-order valence-electron chi connectivity index (χ1n) is 5.07. The van der Waals surface area contributed by atoms with Crippen molar-refractivity contribution in [2.24, 2.45) is 0 Å². The van der Waals surface area contributed by atoms with E-state index in [-0.39, 0.29) is 0 Å². The Labute approximate surface area is 88.0 Å². The maximum atomic E-state index is 3.79. The van der Waals surface area contributed by atoms with Crippen molar-refractivity contribution in [2.45, 2.75) is 6.92 Å². The lowest BCUT2D eigenvalue weighted by atomic mass is 10.2. The van der Waals surface area contributed by atoms with Gasteiger partial charge in [-0.1, -0.05) is 18.7 Å². The summed E-state index contributed by atoms with van der Waals surface area (Å²) in [6.45, 7) is 17.5. The van der Waals surface area contributed by atoms with Gasteiger partial charge >= 0.3 is 0 Å². The van der Waals surface area contributed by atoms with E-state index < -0.39 is 0 Å². The lowest BCUT2D eigenvalue weighted by Gasteiger charge is -2.27. The molecule has 14 heavy (non-hydrogen) atoms. The predicted octanol–water partition coefficient (Wildman–Crippen LogP) is 1.83. The summed E-state index contributed by atoms with van der Waals surface area (Å²) in [5.41, 5.74) is 1.33. The summed E-state index contributed by atoms with van der Waals surface area (Å²) in [5.74, 6) is 0. The van der Waals surface area contributed by atoms with Gasteiger partial charge in [0.15, 0.2) is 0 Å². The molecule has 0 aromatic heterocycles. The van der Waals surface area contributed by atoms with E-state index in [9.17, 15) is 0 Å². The smallest absolute Gasteiger partial charge is 0.0231 e. The van der Waals surface area contributed by atoms with Crippen LogP contribution in [0.1, 0.15) is 6.92 Å². The van der Waals surface area contributed by atoms with Gasteiger partial charge in [-0.15, -0.1) is 13.2 Å². The van der Waals surface area contributed by atoms with E-state index in [2.05, 4.69) is 43.0 Å². The Bertz CT molecular complexity index is 179. The third-order valence-electron chi connectivity index (χ3n) is 2.25. The highest BCUT2D eigenvalue weighted by molar-refractivity contribution is 5.16. The van der Waals surface area contributed by atoms with Gasteiger partial charge in [0.05, 0.1) is 0 Å². The molecule has 0 saturated carbocycles. The fraction of sp³-hybridized carbons (Fsp3) is 0.500. The first-order valence-corrected chi connectivity index (χ1v) is 5.07. The molecule has 0 spiro atoms. The zero-order chi connectivity index (χ0) is 10.8. The lowest BCUT2D eigenvalue weighted by Crippen LogP contribution is -2.44. The number of allylic oxidation sites excluding steroid dienone is 1. The lowest BCUT2D eigenvalue weighted by molar-refractivity contribution is 0.261. The number of rotatable bonds is 3. The van der Waals surface area contributed by atoms with Crippen LogP contribution in [0.15, 0.2) is 37.5 Å². The van der Waals surface area contributed by atoms with Gasteiger partial charge in [-0.05, 0) is 12.5 Å². The maximum Gasteiger partial charge on any atom is 0.0231 e. The fourth-order valence-corrected chi connectivity index (χ4v) is 1.40. The minimum absolute atomic E-state index is 1.06. The molecule has 1 fully saturated rings. The second-order valence-corrected chi connectivity index (χ2v) is 3.09. The predicted molar refractivity (Wildman–Crippen MR) is 64.5 cm³/mol. The van der Waals surface area contributed by atoms with Gasteiger partial charge in [0, 0.05) is 32.7 Å². The Morgan fingerprint density at radius 3 is 2.36 bits per heavy atom. The second kappa shape index (κ2) is 8.73. The molecule has 1 saturated heterocycles. The topological polar surface area (TPSA) is 15.3 Å². The molecule has 1 rings (SSSR count). The molecule has 1 aliphatic heterocycles. The molecule has 0 aromatic carbocycles. The molecule has 1 N–H and O–H groups in total. The first-order chi connectivity index (χ1) is 6.86. The third-order valence-corrected chi connectivity index (χ3v) is 2.25. The normalized spacial score (nSPS) is 18.2. The average Bonchev–Trinajstić information content (AvgIpc) is 2.30. The van der Waals surface area contributed by atoms with E-state index in [1.807, 2.05) is 6.08 Å². The van der Waals surface area contributed by atoms with Crippen LogP contribution in [0.4, 0.5) is 0 Å². The zero-order valence-corrected chi connectivity index (χ0v) is 9.26. The molecule has 1 aliphatic rings. The summed E-state index contributed by atoms with van der Waals surface area (Å²) in [7, 11) is 0. The Morgan fingerprint density at radius 2 is 1.93 bits per heavy atom. The summed E-state index contributed by atoms with van der Waals surface area (Å²) in [4.78, 5) is 2.45. The Kier molecular flexibility index (Phi) is 8.19. The van der Waals surface area contributed by atoms with Crippen LogP contribution in [0.25, 0.3) is 0 Å². The van der Waals surface area contributed by atoms with E-state index in [4.69, 9.17) is 0 Å². The minimum atomic E-state index is 1.06. The number of hydrogen-bond acceptors (Lipinski definition) is 2. The molecular formula is C12H22N2. The minimum Gasteiger partial charge on any atom is -0.314 e. The zero-order valence-electron chi connectivity index (χ0n) is 9.26. The quantitative estimate of drug-likeness (QED) is 0.544. The van der Waals surface area contributed by atoms with E-state index in [0.717, 1.165) is 32.7 Å². The van der Waals surface area contributed by atoms with Gasteiger partial charge in [0.1, 0.15) is 0 Å². The average molecular weight is 194 g/mol. The van der Waals surface area contributed by atoms with Gasteiger partial charge in [-0.25, -0.2) is 0 Å². The Hall–Kier alpha value is -0.860. The molecule has 0 bridgehead atoms. The summed E-state index contributed by atoms with van der Waals surface area (Å²) >= 11 is 0. The highest BCUT2D eigenvalue weighted by atomic mass is 15.2. The molecule has 0 aliphatic carbocycles. The SMILES string of the molecule is C=C.C=C/C(=C\C)CN1CCNCC1. The van der Waals surface area contributed by atoms with Crippen molar-refractivity contribution in [1.82, 2.24) is 10.2 Å². The highest BCUT2D eigenvalue weighted by Crippen LogP contribution is 2.01. The Morgan fingerprint density at radius 1 is 1.36 bits per heavy atom. The Balaban J connectivity index is 0.000000791. The number of hydrogen-bond donors (Lipinski definition) is 1. The van der Waals surface area contributed by atoms with Crippen molar-refractivity contribution < 1.29 is 0 Å². The molecule has 80 valence electrons. The number of nitrogens with one attached hydrogen (secondary N) is 1. The maximum absolute atomic E-state index is 3.79. The molecule has 2 nitrogen and oxygen atoms in total. The molecule has 1 heterocycles. The van der Waals surface area contributed by atoms with Gasteiger partial charge < -0.3 is 5.32 Å². The van der Waals surface area contributed by atoms with Crippen molar-refractivity contribution in [2.75, 3.05) is 32.7 Å². The van der Waals surface area contributed by atoms with Gasteiger partial charge in [-0.2, -0.15) is 0 Å². The van der Waals surface area contributed by atoms with E-state index >= 15 is 0 Å². The molecular weight excluding hydrogens is 172 g/mol. The van der Waals surface area contributed by atoms with Crippen LogP contribution in [-0.2, 0) is 0 Å². The molecule has 0 unspecified atom stereocenters. The number of piperazine rings is 1. The van der Waals surface area contributed by atoms with Crippen molar-refractivity contribution in [3.8, 4) is 0 Å². The molecule has 0 radical (unpaired) electrons. The first kappa shape index (κ1) is 13.1. The highest BCUT2D eigenvalue weighted by Gasteiger charge is 2.08. The van der Waals surface area contributed by atoms with Crippen molar-refractivity contribution in [3.05, 3.63) is 37.5 Å². The summed E-state index contributed by atoms with van der Waals surface area (Å²) in [5, 5.41) is 3.34. The van der Waals surface area contributed by atoms with E-state index in [1.165, 1.54) is 5.57 Å². The summed E-state index contributed by atoms with van der Waals surface area (Å²) < 4.78 is 0. The third kappa shape index (κ3) is 5.00. The van der Waals surface area contributed by atoms with Crippen LogP contribution in [0.5, 0.6) is 0 Å². The summed E-state index contributed by atoms with van der Waals surface area (Å²) in [6, 6.07) is 0. The second-order valence-electron chi connectivity index (χ2n) is 3.09.